The summed E-state index contributed by atoms with van der Waals surface area (Å²) in [4.78, 5) is 5.03. The molecule has 0 amide bonds. The third-order valence-corrected chi connectivity index (χ3v) is 3.01. The first kappa shape index (κ1) is 14.3. The molecule has 0 radical (unpaired) electrons. The smallest absolute Gasteiger partial charge is 0.0976 e. The summed E-state index contributed by atoms with van der Waals surface area (Å²) in [5, 5.41) is 8.64. The van der Waals surface area contributed by atoms with Gasteiger partial charge in [-0.15, -0.1) is 0 Å². The van der Waals surface area contributed by atoms with Crippen molar-refractivity contribution >= 4 is 5.70 Å². The zero-order valence-electron chi connectivity index (χ0n) is 11.6. The summed E-state index contributed by atoms with van der Waals surface area (Å²) in [5.41, 5.74) is 7.95. The molecule has 0 aliphatic heterocycles. The van der Waals surface area contributed by atoms with E-state index < -0.39 is 0 Å². The Balaban J connectivity index is 2.06. The lowest BCUT2D eigenvalue weighted by atomic mass is 10.0. The number of rotatable bonds is 6. The van der Waals surface area contributed by atoms with Crippen molar-refractivity contribution in [2.45, 2.75) is 6.92 Å². The lowest BCUT2D eigenvalue weighted by molar-refractivity contribution is 0.0481. The molecule has 3 nitrogen and oxygen atoms in total. The highest BCUT2D eigenvalue weighted by Crippen LogP contribution is 2.21. The van der Waals surface area contributed by atoms with Crippen molar-refractivity contribution in [1.82, 2.24) is 5.48 Å². The Morgan fingerprint density at radius 1 is 1.05 bits per heavy atom. The van der Waals surface area contributed by atoms with Gasteiger partial charge in [0.1, 0.15) is 0 Å². The minimum atomic E-state index is -0.0212. The summed E-state index contributed by atoms with van der Waals surface area (Å²) in [6.07, 6.45) is 0. The summed E-state index contributed by atoms with van der Waals surface area (Å²) < 4.78 is 0. The molecule has 2 N–H and O–H groups in total. The van der Waals surface area contributed by atoms with E-state index in [1.54, 1.807) is 0 Å². The molecule has 0 aliphatic rings. The lowest BCUT2D eigenvalue weighted by Crippen LogP contribution is -2.14. The van der Waals surface area contributed by atoms with E-state index in [2.05, 4.69) is 55.4 Å². The molecule has 0 saturated heterocycles. The lowest BCUT2D eigenvalue weighted by Gasteiger charge is -2.10. The molecule has 2 aromatic carbocycles. The molecular formula is C17H19NO2. The van der Waals surface area contributed by atoms with Crippen LogP contribution in [0.3, 0.4) is 0 Å². The number of hydrogen-bond acceptors (Lipinski definition) is 3. The van der Waals surface area contributed by atoms with E-state index in [1.165, 1.54) is 11.1 Å². The standard InChI is InChI=1S/C17H19NO2/c1-13-3-5-16(6-4-13)17-9-7-15(8-10-17)14(2)18-20-12-11-19/h3-10,18-19H,2,11-12H2,1H3. The second-order valence-electron chi connectivity index (χ2n) is 4.60. The summed E-state index contributed by atoms with van der Waals surface area (Å²) >= 11 is 0. The van der Waals surface area contributed by atoms with Crippen molar-refractivity contribution in [3.63, 3.8) is 0 Å². The fraction of sp³-hybridized carbons (Fsp3) is 0.176. The van der Waals surface area contributed by atoms with E-state index in [-0.39, 0.29) is 13.2 Å². The summed E-state index contributed by atoms with van der Waals surface area (Å²) in [6, 6.07) is 16.5. The van der Waals surface area contributed by atoms with Gasteiger partial charge in [-0.05, 0) is 23.6 Å². The second-order valence-corrected chi connectivity index (χ2v) is 4.60. The Bertz CT molecular complexity index is 559. The average molecular weight is 269 g/mol. The van der Waals surface area contributed by atoms with Gasteiger partial charge >= 0.3 is 0 Å². The first-order chi connectivity index (χ1) is 9.70. The Morgan fingerprint density at radius 2 is 1.60 bits per heavy atom. The molecule has 0 saturated carbocycles. The Morgan fingerprint density at radius 3 is 2.15 bits per heavy atom. The molecule has 0 fully saturated rings. The average Bonchev–Trinajstić information content (AvgIpc) is 2.48. The van der Waals surface area contributed by atoms with Gasteiger partial charge in [0.05, 0.1) is 18.9 Å². The second kappa shape index (κ2) is 6.89. The van der Waals surface area contributed by atoms with Gasteiger partial charge in [-0.25, -0.2) is 0 Å². The number of aryl methyl sites for hydroxylation is 1. The van der Waals surface area contributed by atoms with Crippen molar-refractivity contribution in [3.05, 3.63) is 66.2 Å². The van der Waals surface area contributed by atoms with E-state index in [1.807, 2.05) is 12.1 Å². The first-order valence-corrected chi connectivity index (χ1v) is 6.56. The summed E-state index contributed by atoms with van der Waals surface area (Å²) in [6.45, 7) is 6.19. The maximum absolute atomic E-state index is 8.64. The van der Waals surface area contributed by atoms with Gasteiger partial charge in [0.15, 0.2) is 0 Å². The van der Waals surface area contributed by atoms with Crippen molar-refractivity contribution in [2.75, 3.05) is 13.2 Å². The minimum Gasteiger partial charge on any atom is -0.394 e. The van der Waals surface area contributed by atoms with Gasteiger partial charge in [0, 0.05) is 0 Å². The summed E-state index contributed by atoms with van der Waals surface area (Å²) in [5.74, 6) is 0. The SMILES string of the molecule is C=C(NOCCO)c1ccc(-c2ccc(C)cc2)cc1. The topological polar surface area (TPSA) is 41.5 Å². The third-order valence-electron chi connectivity index (χ3n) is 3.01. The molecule has 0 aromatic heterocycles. The number of hydrogen-bond donors (Lipinski definition) is 2. The first-order valence-electron chi connectivity index (χ1n) is 6.56. The number of hydroxylamine groups is 1. The summed E-state index contributed by atoms with van der Waals surface area (Å²) in [7, 11) is 0. The van der Waals surface area contributed by atoms with E-state index in [9.17, 15) is 0 Å². The van der Waals surface area contributed by atoms with Crippen LogP contribution in [0.5, 0.6) is 0 Å². The van der Waals surface area contributed by atoms with Crippen molar-refractivity contribution < 1.29 is 9.94 Å². The fourth-order valence-electron chi connectivity index (χ4n) is 1.85. The molecular weight excluding hydrogens is 250 g/mol. The number of nitrogens with one attached hydrogen (secondary N) is 1. The zero-order chi connectivity index (χ0) is 14.4. The molecule has 0 bridgehead atoms. The number of benzene rings is 2. The molecule has 104 valence electrons. The Kier molecular flexibility index (Phi) is 4.93. The van der Waals surface area contributed by atoms with E-state index in [0.717, 1.165) is 11.1 Å². The van der Waals surface area contributed by atoms with Crippen molar-refractivity contribution in [3.8, 4) is 11.1 Å². The van der Waals surface area contributed by atoms with Crippen LogP contribution in [0.25, 0.3) is 16.8 Å². The molecule has 0 atom stereocenters. The van der Waals surface area contributed by atoms with Crippen LogP contribution in [0.4, 0.5) is 0 Å². The zero-order valence-corrected chi connectivity index (χ0v) is 11.6. The molecule has 0 spiro atoms. The number of aliphatic hydroxyl groups is 1. The highest BCUT2D eigenvalue weighted by Gasteiger charge is 2.01. The fourth-order valence-corrected chi connectivity index (χ4v) is 1.85. The third kappa shape index (κ3) is 3.70. The van der Waals surface area contributed by atoms with Crippen LogP contribution in [0.15, 0.2) is 55.1 Å². The van der Waals surface area contributed by atoms with Crippen LogP contribution in [0.1, 0.15) is 11.1 Å². The maximum atomic E-state index is 8.64. The van der Waals surface area contributed by atoms with Crippen LogP contribution >= 0.6 is 0 Å². The Hall–Kier alpha value is -2.10. The maximum Gasteiger partial charge on any atom is 0.0976 e. The minimum absolute atomic E-state index is 0.0212. The monoisotopic (exact) mass is 269 g/mol. The predicted molar refractivity (Wildman–Crippen MR) is 81.8 cm³/mol. The van der Waals surface area contributed by atoms with Gasteiger partial charge in [0.25, 0.3) is 0 Å². The molecule has 2 aromatic rings. The molecule has 0 aliphatic carbocycles. The normalized spacial score (nSPS) is 10.3. The van der Waals surface area contributed by atoms with E-state index in [0.29, 0.717) is 5.70 Å². The van der Waals surface area contributed by atoms with Crippen LogP contribution in [0, 0.1) is 6.92 Å². The highest BCUT2D eigenvalue weighted by atomic mass is 16.6. The molecule has 0 unspecified atom stereocenters. The van der Waals surface area contributed by atoms with Crippen molar-refractivity contribution in [1.29, 1.82) is 0 Å². The van der Waals surface area contributed by atoms with Gasteiger partial charge in [-0.1, -0.05) is 60.7 Å². The van der Waals surface area contributed by atoms with Gasteiger partial charge in [0.2, 0.25) is 0 Å². The van der Waals surface area contributed by atoms with Crippen molar-refractivity contribution in [2.24, 2.45) is 0 Å². The van der Waals surface area contributed by atoms with Crippen LogP contribution in [-0.4, -0.2) is 18.3 Å². The van der Waals surface area contributed by atoms with Gasteiger partial charge < -0.3 is 5.11 Å². The van der Waals surface area contributed by atoms with Gasteiger partial charge in [-0.3, -0.25) is 10.3 Å². The number of aliphatic hydroxyl groups excluding tert-OH is 1. The van der Waals surface area contributed by atoms with Crippen LogP contribution in [0.2, 0.25) is 0 Å². The molecule has 20 heavy (non-hydrogen) atoms. The molecule has 3 heteroatoms. The van der Waals surface area contributed by atoms with Crippen LogP contribution in [-0.2, 0) is 4.84 Å². The molecule has 0 heterocycles. The predicted octanol–water partition coefficient (Wildman–Crippen LogP) is 3.15. The van der Waals surface area contributed by atoms with Crippen LogP contribution < -0.4 is 5.48 Å². The quantitative estimate of drug-likeness (QED) is 0.625. The Labute approximate surface area is 119 Å². The largest absolute Gasteiger partial charge is 0.394 e. The molecule has 2 rings (SSSR count). The highest BCUT2D eigenvalue weighted by molar-refractivity contribution is 5.68. The van der Waals surface area contributed by atoms with E-state index >= 15 is 0 Å². The van der Waals surface area contributed by atoms with Gasteiger partial charge in [-0.2, -0.15) is 0 Å². The van der Waals surface area contributed by atoms with E-state index in [4.69, 9.17) is 9.94 Å².